The van der Waals surface area contributed by atoms with Crippen LogP contribution in [0.5, 0.6) is 0 Å². The largest absolute Gasteiger partial charge is 0.279 e. The molecule has 0 aliphatic carbocycles. The molecule has 0 spiro atoms. The second-order valence-electron chi connectivity index (χ2n) is 3.44. The molecule has 2 rings (SSSR count). The van der Waals surface area contributed by atoms with E-state index in [2.05, 4.69) is 20.5 Å². The second kappa shape index (κ2) is 6.75. The highest BCUT2D eigenvalue weighted by molar-refractivity contribution is 7.98. The average Bonchev–Trinajstić information content (AvgIpc) is 2.42. The standard InChI is InChI=1S/C12H10Cl2N4S/c1-19-12-16-10(13)9(11(14)17-12)7-15-18-8-5-3-2-4-6-8/h2-7,18H,1H3/b15-7-. The molecule has 98 valence electrons. The normalized spacial score (nSPS) is 10.9. The SMILES string of the molecule is CSc1nc(Cl)c(/C=N\Nc2ccccc2)c(Cl)n1. The lowest BCUT2D eigenvalue weighted by molar-refractivity contribution is 0.968. The molecule has 0 saturated heterocycles. The van der Waals surface area contributed by atoms with Crippen LogP contribution in [0.3, 0.4) is 0 Å². The molecule has 1 aromatic carbocycles. The van der Waals surface area contributed by atoms with Crippen LogP contribution in [0, 0.1) is 0 Å². The van der Waals surface area contributed by atoms with Gasteiger partial charge in [-0.05, 0) is 18.4 Å². The lowest BCUT2D eigenvalue weighted by Gasteiger charge is -2.03. The first kappa shape index (κ1) is 14.1. The van der Waals surface area contributed by atoms with Gasteiger partial charge < -0.3 is 0 Å². The molecule has 0 aliphatic rings. The van der Waals surface area contributed by atoms with Gasteiger partial charge in [0.1, 0.15) is 10.3 Å². The lowest BCUT2D eigenvalue weighted by atomic mass is 10.3. The van der Waals surface area contributed by atoms with Crippen molar-refractivity contribution in [2.24, 2.45) is 5.10 Å². The minimum atomic E-state index is 0.281. The van der Waals surface area contributed by atoms with Crippen molar-refractivity contribution in [1.82, 2.24) is 9.97 Å². The summed E-state index contributed by atoms with van der Waals surface area (Å²) >= 11 is 13.4. The number of thioether (sulfide) groups is 1. The third kappa shape index (κ3) is 3.83. The van der Waals surface area contributed by atoms with Crippen LogP contribution in [-0.4, -0.2) is 22.4 Å². The van der Waals surface area contributed by atoms with E-state index in [0.29, 0.717) is 10.7 Å². The summed E-state index contributed by atoms with van der Waals surface area (Å²) in [5.74, 6) is 0. The van der Waals surface area contributed by atoms with Crippen molar-refractivity contribution in [2.75, 3.05) is 11.7 Å². The molecule has 0 radical (unpaired) electrons. The Hall–Kier alpha value is -1.30. The van der Waals surface area contributed by atoms with E-state index < -0.39 is 0 Å². The smallest absolute Gasteiger partial charge is 0.190 e. The van der Waals surface area contributed by atoms with Crippen LogP contribution < -0.4 is 5.43 Å². The number of hydrogen-bond acceptors (Lipinski definition) is 5. The van der Waals surface area contributed by atoms with Crippen molar-refractivity contribution in [3.8, 4) is 0 Å². The number of anilines is 1. The minimum Gasteiger partial charge on any atom is -0.279 e. The number of hydrazone groups is 1. The molecule has 1 aromatic heterocycles. The van der Waals surface area contributed by atoms with Gasteiger partial charge in [-0.2, -0.15) is 5.10 Å². The highest BCUT2D eigenvalue weighted by Crippen LogP contribution is 2.22. The number of aromatic nitrogens is 2. The number of hydrogen-bond donors (Lipinski definition) is 1. The molecular formula is C12H10Cl2N4S. The quantitative estimate of drug-likeness (QED) is 0.305. The first-order chi connectivity index (χ1) is 9.20. The van der Waals surface area contributed by atoms with Gasteiger partial charge in [0, 0.05) is 0 Å². The van der Waals surface area contributed by atoms with Crippen LogP contribution in [0.2, 0.25) is 10.3 Å². The number of benzene rings is 1. The first-order valence-electron chi connectivity index (χ1n) is 5.32. The topological polar surface area (TPSA) is 50.2 Å². The van der Waals surface area contributed by atoms with Crippen LogP contribution in [0.4, 0.5) is 5.69 Å². The van der Waals surface area contributed by atoms with Crippen LogP contribution in [0.15, 0.2) is 40.6 Å². The molecule has 0 amide bonds. The van der Waals surface area contributed by atoms with E-state index in [4.69, 9.17) is 23.2 Å². The van der Waals surface area contributed by atoms with E-state index in [1.54, 1.807) is 0 Å². The number of nitrogens with zero attached hydrogens (tertiary/aromatic N) is 3. The molecule has 0 aliphatic heterocycles. The van der Waals surface area contributed by atoms with Gasteiger partial charge in [-0.1, -0.05) is 53.2 Å². The van der Waals surface area contributed by atoms with Crippen LogP contribution >= 0.6 is 35.0 Å². The molecule has 7 heteroatoms. The van der Waals surface area contributed by atoms with Crippen molar-refractivity contribution in [3.63, 3.8) is 0 Å². The van der Waals surface area contributed by atoms with Gasteiger partial charge in [0.15, 0.2) is 5.16 Å². The maximum absolute atomic E-state index is 6.03. The van der Waals surface area contributed by atoms with E-state index in [9.17, 15) is 0 Å². The Balaban J connectivity index is 2.15. The maximum atomic E-state index is 6.03. The number of para-hydroxylation sites is 1. The van der Waals surface area contributed by atoms with Crippen molar-refractivity contribution in [2.45, 2.75) is 5.16 Å². The van der Waals surface area contributed by atoms with E-state index in [-0.39, 0.29) is 10.3 Å². The molecule has 1 N–H and O–H groups in total. The minimum absolute atomic E-state index is 0.281. The Morgan fingerprint density at radius 3 is 2.37 bits per heavy atom. The highest BCUT2D eigenvalue weighted by atomic mass is 35.5. The van der Waals surface area contributed by atoms with Gasteiger partial charge in [0.2, 0.25) is 0 Å². The van der Waals surface area contributed by atoms with E-state index in [1.807, 2.05) is 36.6 Å². The number of rotatable bonds is 4. The van der Waals surface area contributed by atoms with E-state index >= 15 is 0 Å². The zero-order valence-electron chi connectivity index (χ0n) is 9.97. The van der Waals surface area contributed by atoms with Gasteiger partial charge >= 0.3 is 0 Å². The maximum Gasteiger partial charge on any atom is 0.190 e. The Morgan fingerprint density at radius 1 is 1.16 bits per heavy atom. The Labute approximate surface area is 125 Å². The fourth-order valence-electron chi connectivity index (χ4n) is 1.28. The molecular weight excluding hydrogens is 303 g/mol. The predicted molar refractivity (Wildman–Crippen MR) is 81.5 cm³/mol. The molecule has 19 heavy (non-hydrogen) atoms. The summed E-state index contributed by atoms with van der Waals surface area (Å²) in [5.41, 5.74) is 4.23. The van der Waals surface area contributed by atoms with Gasteiger partial charge in [0.05, 0.1) is 17.5 Å². The fourth-order valence-corrected chi connectivity index (χ4v) is 2.23. The summed E-state index contributed by atoms with van der Waals surface area (Å²) < 4.78 is 0. The second-order valence-corrected chi connectivity index (χ2v) is 4.93. The summed E-state index contributed by atoms with van der Waals surface area (Å²) in [6.45, 7) is 0. The lowest BCUT2D eigenvalue weighted by Crippen LogP contribution is -1.97. The van der Waals surface area contributed by atoms with Gasteiger partial charge in [-0.25, -0.2) is 9.97 Å². The van der Waals surface area contributed by atoms with Gasteiger partial charge in [0.25, 0.3) is 0 Å². The summed E-state index contributed by atoms with van der Waals surface area (Å²) in [7, 11) is 0. The van der Waals surface area contributed by atoms with Crippen LogP contribution in [-0.2, 0) is 0 Å². The molecule has 0 fully saturated rings. The van der Waals surface area contributed by atoms with E-state index in [1.165, 1.54) is 18.0 Å². The van der Waals surface area contributed by atoms with Crippen molar-refractivity contribution < 1.29 is 0 Å². The molecule has 0 bridgehead atoms. The average molecular weight is 313 g/mol. The molecule has 0 unspecified atom stereocenters. The molecule has 1 heterocycles. The summed E-state index contributed by atoms with van der Waals surface area (Å²) in [6.07, 6.45) is 3.36. The zero-order chi connectivity index (χ0) is 13.7. The molecule has 4 nitrogen and oxygen atoms in total. The fraction of sp³-hybridized carbons (Fsp3) is 0.0833. The summed E-state index contributed by atoms with van der Waals surface area (Å²) in [4.78, 5) is 8.18. The van der Waals surface area contributed by atoms with E-state index in [0.717, 1.165) is 5.69 Å². The zero-order valence-corrected chi connectivity index (χ0v) is 12.3. The number of halogens is 2. The predicted octanol–water partition coefficient (Wildman–Crippen LogP) is 3.95. The Bertz CT molecular complexity index is 567. The van der Waals surface area contributed by atoms with Crippen LogP contribution in [0.1, 0.15) is 5.56 Å². The van der Waals surface area contributed by atoms with Gasteiger partial charge in [-0.15, -0.1) is 0 Å². The van der Waals surface area contributed by atoms with Gasteiger partial charge in [-0.3, -0.25) is 5.43 Å². The van der Waals surface area contributed by atoms with Crippen molar-refractivity contribution in [3.05, 3.63) is 46.2 Å². The summed E-state index contributed by atoms with van der Waals surface area (Å²) in [6, 6.07) is 9.54. The summed E-state index contributed by atoms with van der Waals surface area (Å²) in [5, 5.41) is 5.15. The van der Waals surface area contributed by atoms with Crippen molar-refractivity contribution in [1.29, 1.82) is 0 Å². The molecule has 0 atom stereocenters. The first-order valence-corrected chi connectivity index (χ1v) is 7.30. The Morgan fingerprint density at radius 2 is 1.79 bits per heavy atom. The molecule has 0 saturated carbocycles. The Kier molecular flexibility index (Phi) is 5.01. The highest BCUT2D eigenvalue weighted by Gasteiger charge is 2.09. The third-order valence-electron chi connectivity index (χ3n) is 2.18. The number of nitrogens with one attached hydrogen (secondary N) is 1. The van der Waals surface area contributed by atoms with Crippen LogP contribution in [0.25, 0.3) is 0 Å². The molecule has 2 aromatic rings. The third-order valence-corrected chi connectivity index (χ3v) is 3.30. The monoisotopic (exact) mass is 312 g/mol. The van der Waals surface area contributed by atoms with Crippen molar-refractivity contribution >= 4 is 46.9 Å².